The van der Waals surface area contributed by atoms with Gasteiger partial charge in [-0.25, -0.2) is 0 Å². The molecular weight excluding hydrogens is 357 g/mol. The molecule has 23 heavy (non-hydrogen) atoms. The molecule has 8 heteroatoms. The second-order valence-electron chi connectivity index (χ2n) is 6.35. The molecule has 3 fully saturated rings. The van der Waals surface area contributed by atoms with Crippen LogP contribution in [0.3, 0.4) is 0 Å². The van der Waals surface area contributed by atoms with Crippen molar-refractivity contribution >= 4 is 42.5 Å². The minimum absolute atomic E-state index is 0. The van der Waals surface area contributed by atoms with Crippen molar-refractivity contribution in [2.24, 2.45) is 0 Å². The number of carbonyl (C=O) groups excluding carboxylic acids is 1. The lowest BCUT2D eigenvalue weighted by Gasteiger charge is -2.43. The molecule has 2 unspecified atom stereocenters. The smallest absolute Gasteiger partial charge is 0.237 e. The van der Waals surface area contributed by atoms with Gasteiger partial charge in [0.05, 0.1) is 19.3 Å². The molecule has 3 aliphatic heterocycles. The minimum atomic E-state index is 0. The number of amides is 1. The summed E-state index contributed by atoms with van der Waals surface area (Å²) in [7, 11) is 0. The summed E-state index contributed by atoms with van der Waals surface area (Å²) in [5, 5.41) is 6.57. The van der Waals surface area contributed by atoms with Crippen LogP contribution in [0.5, 0.6) is 0 Å². The van der Waals surface area contributed by atoms with Gasteiger partial charge in [0, 0.05) is 30.9 Å². The van der Waals surface area contributed by atoms with Gasteiger partial charge in [-0.3, -0.25) is 9.69 Å². The molecule has 0 saturated carbocycles. The van der Waals surface area contributed by atoms with Crippen molar-refractivity contribution in [3.05, 3.63) is 0 Å². The molecule has 0 aromatic carbocycles. The van der Waals surface area contributed by atoms with E-state index in [1.54, 1.807) is 0 Å². The van der Waals surface area contributed by atoms with Gasteiger partial charge in [-0.1, -0.05) is 6.42 Å². The molecule has 1 amide bonds. The maximum atomic E-state index is 12.4. The Morgan fingerprint density at radius 3 is 2.70 bits per heavy atom. The largest absolute Gasteiger partial charge is 0.379 e. The first-order valence-electron chi connectivity index (χ1n) is 8.22. The number of rotatable bonds is 4. The van der Waals surface area contributed by atoms with Crippen molar-refractivity contribution in [3.8, 4) is 0 Å². The number of nitrogens with one attached hydrogen (secondary N) is 2. The molecule has 0 aromatic heterocycles. The van der Waals surface area contributed by atoms with Crippen molar-refractivity contribution in [2.45, 2.75) is 37.3 Å². The monoisotopic (exact) mass is 385 g/mol. The van der Waals surface area contributed by atoms with Crippen LogP contribution in [0.25, 0.3) is 0 Å². The molecular formula is C15H29Cl2N3O2S. The van der Waals surface area contributed by atoms with Gasteiger partial charge in [0.1, 0.15) is 0 Å². The maximum Gasteiger partial charge on any atom is 0.237 e. The average molecular weight is 386 g/mol. The Morgan fingerprint density at radius 1 is 1.30 bits per heavy atom. The fraction of sp³-hybridized carbons (Fsp3) is 0.933. The predicted octanol–water partition coefficient (Wildman–Crippen LogP) is 1.30. The van der Waals surface area contributed by atoms with Crippen molar-refractivity contribution < 1.29 is 9.53 Å². The Hall–Kier alpha value is 0.280. The first-order chi connectivity index (χ1) is 10.3. The van der Waals surface area contributed by atoms with E-state index in [0.717, 1.165) is 58.0 Å². The zero-order chi connectivity index (χ0) is 14.5. The van der Waals surface area contributed by atoms with Crippen molar-refractivity contribution in [1.82, 2.24) is 15.5 Å². The quantitative estimate of drug-likeness (QED) is 0.763. The lowest BCUT2D eigenvalue weighted by atomic mass is 9.95. The summed E-state index contributed by atoms with van der Waals surface area (Å²) in [5.41, 5.74) is 0.152. The second kappa shape index (κ2) is 10.3. The van der Waals surface area contributed by atoms with Gasteiger partial charge in [-0.05, 0) is 31.6 Å². The van der Waals surface area contributed by atoms with E-state index in [1.165, 1.54) is 18.6 Å². The highest BCUT2D eigenvalue weighted by molar-refractivity contribution is 7.99. The third kappa shape index (κ3) is 5.38. The van der Waals surface area contributed by atoms with E-state index < -0.39 is 0 Å². The van der Waals surface area contributed by atoms with E-state index in [2.05, 4.69) is 15.5 Å². The van der Waals surface area contributed by atoms with E-state index in [9.17, 15) is 4.79 Å². The Morgan fingerprint density at radius 2 is 2.09 bits per heavy atom. The summed E-state index contributed by atoms with van der Waals surface area (Å²) in [4.78, 5) is 14.9. The highest BCUT2D eigenvalue weighted by Gasteiger charge is 2.41. The number of piperidine rings is 1. The Labute approximate surface area is 155 Å². The number of hydrogen-bond donors (Lipinski definition) is 2. The molecule has 0 radical (unpaired) electrons. The summed E-state index contributed by atoms with van der Waals surface area (Å²) in [5.74, 6) is 2.53. The molecule has 0 bridgehead atoms. The molecule has 3 saturated heterocycles. The Bertz CT molecular complexity index is 359. The summed E-state index contributed by atoms with van der Waals surface area (Å²) < 4.78 is 5.48. The van der Waals surface area contributed by atoms with E-state index in [4.69, 9.17) is 4.74 Å². The number of thioether (sulfide) groups is 1. The van der Waals surface area contributed by atoms with Crippen LogP contribution in [-0.2, 0) is 9.53 Å². The van der Waals surface area contributed by atoms with Crippen LogP contribution >= 0.6 is 36.6 Å². The first kappa shape index (κ1) is 21.3. The van der Waals surface area contributed by atoms with Gasteiger partial charge < -0.3 is 15.4 Å². The fourth-order valence-corrected chi connectivity index (χ4v) is 5.06. The zero-order valence-corrected chi connectivity index (χ0v) is 16.0. The van der Waals surface area contributed by atoms with Crippen molar-refractivity contribution in [3.63, 3.8) is 0 Å². The number of halogens is 2. The lowest BCUT2D eigenvalue weighted by Crippen LogP contribution is -2.60. The molecule has 0 aromatic rings. The Kier molecular flexibility index (Phi) is 9.56. The van der Waals surface area contributed by atoms with Crippen LogP contribution < -0.4 is 10.6 Å². The van der Waals surface area contributed by atoms with Crippen molar-refractivity contribution in [1.29, 1.82) is 0 Å². The van der Waals surface area contributed by atoms with E-state index in [1.807, 2.05) is 11.8 Å². The van der Waals surface area contributed by atoms with E-state index in [-0.39, 0.29) is 42.3 Å². The van der Waals surface area contributed by atoms with Gasteiger partial charge >= 0.3 is 0 Å². The summed E-state index contributed by atoms with van der Waals surface area (Å²) in [6.07, 6.45) is 4.51. The highest BCUT2D eigenvalue weighted by Crippen LogP contribution is 2.33. The molecule has 5 nitrogen and oxygen atoms in total. The molecule has 0 aliphatic carbocycles. The number of carbonyl (C=O) groups is 1. The maximum absolute atomic E-state index is 12.4. The van der Waals surface area contributed by atoms with Crippen LogP contribution in [0.4, 0.5) is 0 Å². The molecule has 0 spiro atoms. The number of ether oxygens (including phenoxy) is 1. The minimum Gasteiger partial charge on any atom is -0.379 e. The SMILES string of the molecule is Cl.Cl.O=C(NCC1(N2CCOCC2)CCSC1)C1CCCCN1. The molecule has 2 N–H and O–H groups in total. The lowest BCUT2D eigenvalue weighted by molar-refractivity contribution is -0.124. The Balaban J connectivity index is 0.00000132. The van der Waals surface area contributed by atoms with E-state index in [0.29, 0.717) is 0 Å². The zero-order valence-electron chi connectivity index (χ0n) is 13.6. The van der Waals surface area contributed by atoms with Gasteiger partial charge in [-0.2, -0.15) is 11.8 Å². The van der Waals surface area contributed by atoms with E-state index >= 15 is 0 Å². The topological polar surface area (TPSA) is 53.6 Å². The molecule has 3 rings (SSSR count). The summed E-state index contributed by atoms with van der Waals surface area (Å²) in [6, 6.07) is 0.0227. The summed E-state index contributed by atoms with van der Waals surface area (Å²) in [6.45, 7) is 5.41. The fourth-order valence-electron chi connectivity index (χ4n) is 3.59. The number of nitrogens with zero attached hydrogens (tertiary/aromatic N) is 1. The van der Waals surface area contributed by atoms with Crippen LogP contribution in [0.2, 0.25) is 0 Å². The molecule has 3 heterocycles. The third-order valence-corrected chi connectivity index (χ3v) is 6.22. The van der Waals surface area contributed by atoms with Gasteiger partial charge in [0.25, 0.3) is 0 Å². The second-order valence-corrected chi connectivity index (χ2v) is 7.45. The molecule has 136 valence electrons. The van der Waals surface area contributed by atoms with Crippen LogP contribution in [0, 0.1) is 0 Å². The third-order valence-electron chi connectivity index (χ3n) is 4.98. The first-order valence-corrected chi connectivity index (χ1v) is 9.37. The number of morpholine rings is 1. The van der Waals surface area contributed by atoms with Gasteiger partial charge in [-0.15, -0.1) is 24.8 Å². The standard InChI is InChI=1S/C15H27N3O2S.2ClH/c19-14(13-3-1-2-5-16-13)17-11-15(4-10-21-12-15)18-6-8-20-9-7-18;;/h13,16H,1-12H2,(H,17,19);2*1H. The average Bonchev–Trinajstić information content (AvgIpc) is 3.04. The molecule has 3 aliphatic rings. The molecule has 2 atom stereocenters. The highest BCUT2D eigenvalue weighted by atomic mass is 35.5. The normalized spacial score (nSPS) is 31.7. The van der Waals surface area contributed by atoms with Crippen molar-refractivity contribution in [2.75, 3.05) is 50.9 Å². The van der Waals surface area contributed by atoms with Crippen LogP contribution in [-0.4, -0.2) is 73.3 Å². The number of hydrogen-bond acceptors (Lipinski definition) is 5. The van der Waals surface area contributed by atoms with Gasteiger partial charge in [0.15, 0.2) is 0 Å². The van der Waals surface area contributed by atoms with Gasteiger partial charge in [0.2, 0.25) is 5.91 Å². The van der Waals surface area contributed by atoms with Crippen LogP contribution in [0.15, 0.2) is 0 Å². The van der Waals surface area contributed by atoms with Crippen LogP contribution in [0.1, 0.15) is 25.7 Å². The summed E-state index contributed by atoms with van der Waals surface area (Å²) >= 11 is 2.01. The predicted molar refractivity (Wildman–Crippen MR) is 100 cm³/mol.